The van der Waals surface area contributed by atoms with Gasteiger partial charge < -0.3 is 16.4 Å². The number of benzene rings is 1. The lowest BCUT2D eigenvalue weighted by Gasteiger charge is -2.26. The Morgan fingerprint density at radius 3 is 2.17 bits per heavy atom. The number of halogens is 1. The highest BCUT2D eigenvalue weighted by atomic mass is 35.5. The van der Waals surface area contributed by atoms with Gasteiger partial charge in [-0.2, -0.15) is 0 Å². The second-order valence-electron chi connectivity index (χ2n) is 6.31. The van der Waals surface area contributed by atoms with Crippen LogP contribution in [0.15, 0.2) is 24.3 Å². The summed E-state index contributed by atoms with van der Waals surface area (Å²) >= 11 is 0. The highest BCUT2D eigenvalue weighted by molar-refractivity contribution is 5.96. The molecule has 6 heteroatoms. The molecule has 4 N–H and O–H groups in total. The number of anilines is 1. The van der Waals surface area contributed by atoms with Crippen molar-refractivity contribution < 1.29 is 9.59 Å². The van der Waals surface area contributed by atoms with Crippen LogP contribution < -0.4 is 16.4 Å². The fourth-order valence-corrected chi connectivity index (χ4v) is 2.52. The van der Waals surface area contributed by atoms with E-state index in [2.05, 4.69) is 10.6 Å². The number of nitrogens with one attached hydrogen (secondary N) is 2. The third-order valence-electron chi connectivity index (χ3n) is 4.05. The number of amides is 2. The first-order valence-corrected chi connectivity index (χ1v) is 7.93. The summed E-state index contributed by atoms with van der Waals surface area (Å²) in [7, 11) is 0. The summed E-state index contributed by atoms with van der Waals surface area (Å²) in [6, 6.07) is 7.47. The van der Waals surface area contributed by atoms with Crippen LogP contribution >= 0.6 is 12.4 Å². The van der Waals surface area contributed by atoms with Gasteiger partial charge in [-0.05, 0) is 49.9 Å². The van der Waals surface area contributed by atoms with Crippen LogP contribution in [-0.4, -0.2) is 23.9 Å². The number of nitrogens with two attached hydrogens (primary N) is 1. The zero-order chi connectivity index (χ0) is 16.1. The van der Waals surface area contributed by atoms with Crippen LogP contribution in [0, 0.1) is 5.92 Å². The Balaban J connectivity index is 0.00000264. The largest absolute Gasteiger partial charge is 0.349 e. The van der Waals surface area contributed by atoms with E-state index in [0.717, 1.165) is 25.7 Å². The molecule has 128 valence electrons. The van der Waals surface area contributed by atoms with Gasteiger partial charge >= 0.3 is 0 Å². The summed E-state index contributed by atoms with van der Waals surface area (Å²) in [5, 5.41) is 5.86. The van der Waals surface area contributed by atoms with Crippen LogP contribution in [0.2, 0.25) is 0 Å². The van der Waals surface area contributed by atoms with E-state index in [1.807, 2.05) is 13.8 Å². The van der Waals surface area contributed by atoms with Gasteiger partial charge in [-0.25, -0.2) is 0 Å². The van der Waals surface area contributed by atoms with E-state index in [0.29, 0.717) is 11.3 Å². The van der Waals surface area contributed by atoms with Gasteiger partial charge in [-0.3, -0.25) is 9.59 Å². The Labute approximate surface area is 143 Å². The molecule has 0 saturated heterocycles. The molecule has 0 bridgehead atoms. The summed E-state index contributed by atoms with van der Waals surface area (Å²) in [6.45, 7) is 3.68. The summed E-state index contributed by atoms with van der Waals surface area (Å²) in [5.74, 6) is -0.168. The molecule has 2 rings (SSSR count). The third kappa shape index (κ3) is 5.84. The Bertz CT molecular complexity index is 523. The second kappa shape index (κ2) is 8.89. The predicted octanol–water partition coefficient (Wildman–Crippen LogP) is 2.70. The lowest BCUT2D eigenvalue weighted by atomic mass is 9.91. The summed E-state index contributed by atoms with van der Waals surface area (Å²) in [4.78, 5) is 23.8. The molecule has 1 fully saturated rings. The van der Waals surface area contributed by atoms with Crippen molar-refractivity contribution >= 4 is 29.9 Å². The molecule has 0 heterocycles. The van der Waals surface area contributed by atoms with Crippen LogP contribution in [0.1, 0.15) is 49.9 Å². The van der Waals surface area contributed by atoms with E-state index in [-0.39, 0.29) is 42.2 Å². The van der Waals surface area contributed by atoms with E-state index in [9.17, 15) is 9.59 Å². The van der Waals surface area contributed by atoms with Crippen LogP contribution in [-0.2, 0) is 4.79 Å². The molecular formula is C17H26ClN3O2. The minimum atomic E-state index is -0.0688. The van der Waals surface area contributed by atoms with Gasteiger partial charge in [0.25, 0.3) is 5.91 Å². The standard InChI is InChI=1S/C17H25N3O2.ClH/c1-11(2)16(21)19-14-7-3-12(4-8-14)17(22)20-15-9-5-13(18)6-10-15;/h3-4,7-8,11,13,15H,5-6,9-10,18H2,1-2H3,(H,19,21)(H,20,22);1H. The summed E-state index contributed by atoms with van der Waals surface area (Å²) < 4.78 is 0. The molecule has 1 saturated carbocycles. The van der Waals surface area contributed by atoms with Crippen molar-refractivity contribution in [1.82, 2.24) is 5.32 Å². The molecule has 0 aliphatic heterocycles. The molecule has 1 aliphatic carbocycles. The molecule has 0 radical (unpaired) electrons. The van der Waals surface area contributed by atoms with Gasteiger partial charge in [0, 0.05) is 29.3 Å². The average molecular weight is 340 g/mol. The fraction of sp³-hybridized carbons (Fsp3) is 0.529. The van der Waals surface area contributed by atoms with Crippen molar-refractivity contribution in [2.24, 2.45) is 11.7 Å². The lowest BCUT2D eigenvalue weighted by molar-refractivity contribution is -0.118. The fourth-order valence-electron chi connectivity index (χ4n) is 2.52. The first-order chi connectivity index (χ1) is 10.5. The summed E-state index contributed by atoms with van der Waals surface area (Å²) in [5.41, 5.74) is 7.19. The first kappa shape index (κ1) is 19.5. The molecule has 23 heavy (non-hydrogen) atoms. The molecule has 1 aromatic carbocycles. The monoisotopic (exact) mass is 339 g/mol. The minimum Gasteiger partial charge on any atom is -0.349 e. The topological polar surface area (TPSA) is 84.2 Å². The Hall–Kier alpha value is -1.59. The molecular weight excluding hydrogens is 314 g/mol. The van der Waals surface area contributed by atoms with E-state index in [4.69, 9.17) is 5.73 Å². The Morgan fingerprint density at radius 2 is 1.65 bits per heavy atom. The van der Waals surface area contributed by atoms with Gasteiger partial charge in [0.2, 0.25) is 5.91 Å². The highest BCUT2D eigenvalue weighted by Gasteiger charge is 2.20. The van der Waals surface area contributed by atoms with E-state index in [1.54, 1.807) is 24.3 Å². The maximum absolute atomic E-state index is 12.2. The number of hydrogen-bond donors (Lipinski definition) is 3. The van der Waals surface area contributed by atoms with Crippen molar-refractivity contribution in [3.8, 4) is 0 Å². The zero-order valence-electron chi connectivity index (χ0n) is 13.7. The number of rotatable bonds is 4. The van der Waals surface area contributed by atoms with Gasteiger partial charge in [-0.1, -0.05) is 13.8 Å². The van der Waals surface area contributed by atoms with Gasteiger partial charge in [0.15, 0.2) is 0 Å². The molecule has 1 aliphatic rings. The summed E-state index contributed by atoms with van der Waals surface area (Å²) in [6.07, 6.45) is 3.81. The van der Waals surface area contributed by atoms with Crippen LogP contribution in [0.3, 0.4) is 0 Å². The Morgan fingerprint density at radius 1 is 1.09 bits per heavy atom. The van der Waals surface area contributed by atoms with E-state index < -0.39 is 0 Å². The van der Waals surface area contributed by atoms with E-state index >= 15 is 0 Å². The van der Waals surface area contributed by atoms with Gasteiger partial charge in [0.05, 0.1) is 0 Å². The van der Waals surface area contributed by atoms with Crippen molar-refractivity contribution in [2.75, 3.05) is 5.32 Å². The van der Waals surface area contributed by atoms with Crippen molar-refractivity contribution in [2.45, 2.75) is 51.6 Å². The highest BCUT2D eigenvalue weighted by Crippen LogP contribution is 2.18. The number of carbonyl (C=O) groups is 2. The van der Waals surface area contributed by atoms with Crippen LogP contribution in [0.4, 0.5) is 5.69 Å². The number of hydrogen-bond acceptors (Lipinski definition) is 3. The normalized spacial score (nSPS) is 20.5. The molecule has 0 spiro atoms. The predicted molar refractivity (Wildman–Crippen MR) is 94.9 cm³/mol. The molecule has 1 aromatic rings. The van der Waals surface area contributed by atoms with Crippen molar-refractivity contribution in [3.63, 3.8) is 0 Å². The van der Waals surface area contributed by atoms with E-state index in [1.165, 1.54) is 0 Å². The molecule has 0 unspecified atom stereocenters. The SMILES string of the molecule is CC(C)C(=O)Nc1ccc(C(=O)NC2CCC(N)CC2)cc1.Cl. The molecule has 0 atom stereocenters. The maximum atomic E-state index is 12.2. The Kier molecular flexibility index (Phi) is 7.52. The maximum Gasteiger partial charge on any atom is 0.251 e. The second-order valence-corrected chi connectivity index (χ2v) is 6.31. The van der Waals surface area contributed by atoms with Crippen molar-refractivity contribution in [1.29, 1.82) is 0 Å². The lowest BCUT2D eigenvalue weighted by Crippen LogP contribution is -2.40. The third-order valence-corrected chi connectivity index (χ3v) is 4.05. The van der Waals surface area contributed by atoms with Crippen LogP contribution in [0.5, 0.6) is 0 Å². The minimum absolute atomic E-state index is 0. The zero-order valence-corrected chi connectivity index (χ0v) is 14.5. The smallest absolute Gasteiger partial charge is 0.251 e. The van der Waals surface area contributed by atoms with Crippen molar-refractivity contribution in [3.05, 3.63) is 29.8 Å². The average Bonchev–Trinajstić information content (AvgIpc) is 2.50. The van der Waals surface area contributed by atoms with Gasteiger partial charge in [0.1, 0.15) is 0 Å². The van der Waals surface area contributed by atoms with Gasteiger partial charge in [-0.15, -0.1) is 12.4 Å². The first-order valence-electron chi connectivity index (χ1n) is 7.93. The molecule has 5 nitrogen and oxygen atoms in total. The molecule has 2 amide bonds. The van der Waals surface area contributed by atoms with Crippen LogP contribution in [0.25, 0.3) is 0 Å². The quantitative estimate of drug-likeness (QED) is 0.788. The molecule has 0 aromatic heterocycles. The number of carbonyl (C=O) groups excluding carboxylic acids is 2.